The Morgan fingerprint density at radius 2 is 2.29 bits per heavy atom. The number of aryl methyl sites for hydroxylation is 1. The van der Waals surface area contributed by atoms with Crippen molar-refractivity contribution in [1.29, 1.82) is 0 Å². The Morgan fingerprint density at radius 3 is 2.94 bits per heavy atom. The number of hydrogen-bond donors (Lipinski definition) is 2. The number of imidazole rings is 1. The zero-order valence-electron chi connectivity index (χ0n) is 9.20. The average molecular weight is 234 g/mol. The van der Waals surface area contributed by atoms with E-state index in [2.05, 4.69) is 9.97 Å². The van der Waals surface area contributed by atoms with Crippen molar-refractivity contribution in [3.05, 3.63) is 41.6 Å². The normalized spacial score (nSPS) is 10.5. The molecular formula is C12H11FN2O2. The molecule has 1 aromatic heterocycles. The van der Waals surface area contributed by atoms with Gasteiger partial charge in [0.1, 0.15) is 18.1 Å². The van der Waals surface area contributed by atoms with Crippen molar-refractivity contribution < 1.29 is 14.3 Å². The number of carbonyl (C=O) groups is 1. The highest BCUT2D eigenvalue weighted by atomic mass is 19.1. The lowest BCUT2D eigenvalue weighted by atomic mass is 10.1. The number of halogens is 1. The van der Waals surface area contributed by atoms with Crippen LogP contribution >= 0.6 is 0 Å². The minimum atomic E-state index is -0.943. The number of aromatic nitrogens is 2. The van der Waals surface area contributed by atoms with Gasteiger partial charge < -0.3 is 10.1 Å². The van der Waals surface area contributed by atoms with Gasteiger partial charge in [0.2, 0.25) is 0 Å². The Kier molecular flexibility index (Phi) is 2.91. The Bertz CT molecular complexity index is 563. The van der Waals surface area contributed by atoms with E-state index < -0.39 is 5.97 Å². The van der Waals surface area contributed by atoms with E-state index >= 15 is 0 Å². The van der Waals surface area contributed by atoms with Gasteiger partial charge in [0.05, 0.1) is 11.9 Å². The van der Waals surface area contributed by atoms with Crippen molar-refractivity contribution in [1.82, 2.24) is 9.97 Å². The number of H-pyrrole nitrogens is 1. The minimum absolute atomic E-state index is 0.153. The van der Waals surface area contributed by atoms with Gasteiger partial charge in [-0.1, -0.05) is 0 Å². The fourth-order valence-corrected chi connectivity index (χ4v) is 1.55. The lowest BCUT2D eigenvalue weighted by Crippen LogP contribution is -2.01. The Morgan fingerprint density at radius 1 is 1.53 bits per heavy atom. The third-order valence-corrected chi connectivity index (χ3v) is 2.42. The van der Waals surface area contributed by atoms with Gasteiger partial charge >= 0.3 is 5.97 Å². The summed E-state index contributed by atoms with van der Waals surface area (Å²) < 4.78 is 13.1. The molecule has 1 heterocycles. The number of aromatic amines is 1. The first-order valence-corrected chi connectivity index (χ1v) is 5.08. The van der Waals surface area contributed by atoms with Gasteiger partial charge in [-0.15, -0.1) is 0 Å². The molecule has 0 fully saturated rings. The van der Waals surface area contributed by atoms with Crippen LogP contribution in [-0.4, -0.2) is 21.0 Å². The summed E-state index contributed by atoms with van der Waals surface area (Å²) in [4.78, 5) is 17.4. The number of carboxylic acid groups (broad SMARTS) is 1. The number of rotatable bonds is 3. The molecular weight excluding hydrogens is 223 g/mol. The predicted octanol–water partition coefficient (Wildman–Crippen LogP) is 2.15. The van der Waals surface area contributed by atoms with Crippen molar-refractivity contribution in [2.75, 3.05) is 0 Å². The highest BCUT2D eigenvalue weighted by molar-refractivity contribution is 5.69. The molecule has 2 aromatic rings. The van der Waals surface area contributed by atoms with E-state index in [4.69, 9.17) is 5.11 Å². The first-order valence-electron chi connectivity index (χ1n) is 5.08. The summed E-state index contributed by atoms with van der Waals surface area (Å²) in [6.07, 6.45) is 1.39. The summed E-state index contributed by atoms with van der Waals surface area (Å²) in [5.41, 5.74) is 2.01. The second-order valence-electron chi connectivity index (χ2n) is 3.78. The molecule has 4 nitrogen and oxygen atoms in total. The van der Waals surface area contributed by atoms with E-state index in [-0.39, 0.29) is 12.2 Å². The smallest absolute Gasteiger partial charge is 0.311 e. The fraction of sp³-hybridized carbons (Fsp3) is 0.167. The average Bonchev–Trinajstić information content (AvgIpc) is 2.69. The van der Waals surface area contributed by atoms with Crippen LogP contribution in [0.25, 0.3) is 11.3 Å². The number of aliphatic carboxylic acids is 1. The van der Waals surface area contributed by atoms with Crippen LogP contribution in [0.4, 0.5) is 4.39 Å². The van der Waals surface area contributed by atoms with Crippen LogP contribution < -0.4 is 0 Å². The van der Waals surface area contributed by atoms with Gasteiger partial charge in [-0.2, -0.15) is 0 Å². The van der Waals surface area contributed by atoms with E-state index in [0.29, 0.717) is 17.1 Å². The quantitative estimate of drug-likeness (QED) is 0.855. The topological polar surface area (TPSA) is 66.0 Å². The molecule has 2 rings (SSSR count). The van der Waals surface area contributed by atoms with Crippen LogP contribution in [0.2, 0.25) is 0 Å². The van der Waals surface area contributed by atoms with Crippen molar-refractivity contribution in [2.45, 2.75) is 13.3 Å². The molecule has 2 N–H and O–H groups in total. The highest BCUT2D eigenvalue weighted by Gasteiger charge is 2.07. The standard InChI is InChI=1S/C12H11FN2O2/c1-7-4-8(2-3-9(7)13)10-6-14-11(15-10)5-12(16)17/h2-4,6H,5H2,1H3,(H,14,15)(H,16,17). The molecule has 0 aliphatic carbocycles. The summed E-state index contributed by atoms with van der Waals surface area (Å²) in [5.74, 6) is -0.824. The van der Waals surface area contributed by atoms with Crippen LogP contribution in [-0.2, 0) is 11.2 Å². The monoisotopic (exact) mass is 234 g/mol. The van der Waals surface area contributed by atoms with Gasteiger partial charge in [0, 0.05) is 5.56 Å². The van der Waals surface area contributed by atoms with E-state index in [1.54, 1.807) is 25.3 Å². The van der Waals surface area contributed by atoms with Crippen LogP contribution in [0.15, 0.2) is 24.4 Å². The predicted molar refractivity (Wildman–Crippen MR) is 60.1 cm³/mol. The van der Waals surface area contributed by atoms with Gasteiger partial charge in [0.25, 0.3) is 0 Å². The second-order valence-corrected chi connectivity index (χ2v) is 3.78. The molecule has 0 unspecified atom stereocenters. The van der Waals surface area contributed by atoms with Gasteiger partial charge in [-0.3, -0.25) is 4.79 Å². The fourth-order valence-electron chi connectivity index (χ4n) is 1.55. The van der Waals surface area contributed by atoms with Crippen molar-refractivity contribution in [2.24, 2.45) is 0 Å². The van der Waals surface area contributed by atoms with Gasteiger partial charge in [-0.25, -0.2) is 9.37 Å². The minimum Gasteiger partial charge on any atom is -0.481 e. The maximum absolute atomic E-state index is 13.1. The maximum Gasteiger partial charge on any atom is 0.311 e. The van der Waals surface area contributed by atoms with Crippen LogP contribution in [0, 0.1) is 12.7 Å². The molecule has 0 atom stereocenters. The van der Waals surface area contributed by atoms with Crippen LogP contribution in [0.1, 0.15) is 11.4 Å². The third kappa shape index (κ3) is 2.50. The molecule has 17 heavy (non-hydrogen) atoms. The summed E-state index contributed by atoms with van der Waals surface area (Å²) in [6, 6.07) is 4.69. The molecule has 1 aromatic carbocycles. The summed E-state index contributed by atoms with van der Waals surface area (Å²) in [7, 11) is 0. The molecule has 0 aliphatic rings. The number of nitrogens with zero attached hydrogens (tertiary/aromatic N) is 1. The van der Waals surface area contributed by atoms with Crippen molar-refractivity contribution >= 4 is 5.97 Å². The first-order chi connectivity index (χ1) is 8.06. The first kappa shape index (κ1) is 11.3. The summed E-state index contributed by atoms with van der Waals surface area (Å²) in [5, 5.41) is 8.62. The molecule has 0 bridgehead atoms. The number of carboxylic acids is 1. The molecule has 0 amide bonds. The van der Waals surface area contributed by atoms with Crippen LogP contribution in [0.5, 0.6) is 0 Å². The third-order valence-electron chi connectivity index (χ3n) is 2.42. The zero-order chi connectivity index (χ0) is 12.4. The van der Waals surface area contributed by atoms with E-state index in [1.807, 2.05) is 0 Å². The van der Waals surface area contributed by atoms with E-state index in [0.717, 1.165) is 5.56 Å². The number of hydrogen-bond acceptors (Lipinski definition) is 2. The lowest BCUT2D eigenvalue weighted by molar-refractivity contribution is -0.136. The SMILES string of the molecule is Cc1cc(-c2cnc(CC(=O)O)[nH]2)ccc1F. The van der Waals surface area contributed by atoms with Gasteiger partial charge in [-0.05, 0) is 30.7 Å². The Balaban J connectivity index is 2.30. The lowest BCUT2D eigenvalue weighted by Gasteiger charge is -2.00. The largest absolute Gasteiger partial charge is 0.481 e. The molecule has 0 radical (unpaired) electrons. The molecule has 0 saturated carbocycles. The van der Waals surface area contributed by atoms with Gasteiger partial charge in [0.15, 0.2) is 0 Å². The Hall–Kier alpha value is -2.17. The zero-order valence-corrected chi connectivity index (χ0v) is 9.20. The maximum atomic E-state index is 13.1. The van der Waals surface area contributed by atoms with E-state index in [9.17, 15) is 9.18 Å². The van der Waals surface area contributed by atoms with Crippen molar-refractivity contribution in [3.8, 4) is 11.3 Å². The van der Waals surface area contributed by atoms with E-state index in [1.165, 1.54) is 6.07 Å². The highest BCUT2D eigenvalue weighted by Crippen LogP contribution is 2.20. The molecule has 0 spiro atoms. The van der Waals surface area contributed by atoms with Crippen molar-refractivity contribution in [3.63, 3.8) is 0 Å². The summed E-state index contributed by atoms with van der Waals surface area (Å²) >= 11 is 0. The molecule has 5 heteroatoms. The molecule has 88 valence electrons. The second kappa shape index (κ2) is 4.37. The van der Waals surface area contributed by atoms with Crippen LogP contribution in [0.3, 0.4) is 0 Å². The summed E-state index contributed by atoms with van der Waals surface area (Å²) in [6.45, 7) is 1.67. The molecule has 0 aliphatic heterocycles. The number of nitrogens with one attached hydrogen (secondary N) is 1. The number of benzene rings is 1. The molecule has 0 saturated heterocycles. The Labute approximate surface area is 97.1 Å².